The molecular weight excluding hydrogens is 260 g/mol. The summed E-state index contributed by atoms with van der Waals surface area (Å²) in [6, 6.07) is 3.40. The monoisotopic (exact) mass is 280 g/mol. The van der Waals surface area contributed by atoms with Crippen LogP contribution in [0.25, 0.3) is 0 Å². The van der Waals surface area contributed by atoms with E-state index in [-0.39, 0.29) is 18.6 Å². The summed E-state index contributed by atoms with van der Waals surface area (Å²) in [6.07, 6.45) is 1.44. The van der Waals surface area contributed by atoms with Crippen LogP contribution in [0.4, 0.5) is 5.82 Å². The predicted molar refractivity (Wildman–Crippen MR) is 74.7 cm³/mol. The molecule has 1 aromatic rings. The maximum Gasteiger partial charge on any atom is 0.339 e. The molecule has 6 heteroatoms. The van der Waals surface area contributed by atoms with Gasteiger partial charge in [0, 0.05) is 12.2 Å². The first-order valence-corrected chi connectivity index (χ1v) is 6.46. The van der Waals surface area contributed by atoms with E-state index in [0.717, 1.165) is 0 Å². The fourth-order valence-corrected chi connectivity index (χ4v) is 1.62. The number of pyridine rings is 1. The van der Waals surface area contributed by atoms with E-state index in [0.29, 0.717) is 18.0 Å². The van der Waals surface area contributed by atoms with Crippen LogP contribution in [0, 0.1) is 0 Å². The van der Waals surface area contributed by atoms with Gasteiger partial charge < -0.3 is 14.4 Å². The van der Waals surface area contributed by atoms with Gasteiger partial charge in [-0.1, -0.05) is 0 Å². The number of carbonyl (C=O) groups is 2. The van der Waals surface area contributed by atoms with Gasteiger partial charge in [-0.05, 0) is 32.9 Å². The van der Waals surface area contributed by atoms with Gasteiger partial charge in [0.15, 0.2) is 0 Å². The first-order chi connectivity index (χ1) is 9.49. The van der Waals surface area contributed by atoms with Crippen LogP contribution in [0.1, 0.15) is 31.1 Å². The summed E-state index contributed by atoms with van der Waals surface area (Å²) in [7, 11) is 1.35. The van der Waals surface area contributed by atoms with Crippen molar-refractivity contribution in [1.29, 1.82) is 0 Å². The minimum absolute atomic E-state index is 0.0787. The highest BCUT2D eigenvalue weighted by molar-refractivity contribution is 5.89. The van der Waals surface area contributed by atoms with Gasteiger partial charge in [-0.2, -0.15) is 0 Å². The standard InChI is InChI=1S/C14H20N2O4/c1-5-20-14(18)11-6-7-12(15-8-11)16(10(2)3)9-13(17)19-4/h6-8,10H,5,9H2,1-4H3. The van der Waals surface area contributed by atoms with Crippen molar-refractivity contribution in [3.8, 4) is 0 Å². The van der Waals surface area contributed by atoms with Crippen LogP contribution in [0.15, 0.2) is 18.3 Å². The van der Waals surface area contributed by atoms with E-state index in [1.54, 1.807) is 24.0 Å². The summed E-state index contributed by atoms with van der Waals surface area (Å²) >= 11 is 0. The van der Waals surface area contributed by atoms with Crippen molar-refractivity contribution in [2.45, 2.75) is 26.8 Å². The molecule has 0 aromatic carbocycles. The summed E-state index contributed by atoms with van der Waals surface area (Å²) in [6.45, 7) is 6.07. The molecule has 0 aliphatic heterocycles. The highest BCUT2D eigenvalue weighted by Gasteiger charge is 2.17. The SMILES string of the molecule is CCOC(=O)c1ccc(N(CC(=O)OC)C(C)C)nc1. The van der Waals surface area contributed by atoms with Crippen molar-refractivity contribution in [3.63, 3.8) is 0 Å². The van der Waals surface area contributed by atoms with Crippen molar-refractivity contribution in [1.82, 2.24) is 4.98 Å². The number of rotatable bonds is 6. The molecule has 0 saturated carbocycles. The summed E-state index contributed by atoms with van der Waals surface area (Å²) in [5.74, 6) is -0.135. The van der Waals surface area contributed by atoms with E-state index in [2.05, 4.69) is 9.72 Å². The average molecular weight is 280 g/mol. The van der Waals surface area contributed by atoms with Gasteiger partial charge in [0.25, 0.3) is 0 Å². The molecule has 1 aromatic heterocycles. The molecule has 0 aliphatic carbocycles. The van der Waals surface area contributed by atoms with Crippen LogP contribution in [0.5, 0.6) is 0 Å². The molecule has 0 aliphatic rings. The normalized spacial score (nSPS) is 10.2. The molecule has 0 fully saturated rings. The third-order valence-corrected chi connectivity index (χ3v) is 2.70. The molecule has 0 bridgehead atoms. The molecule has 6 nitrogen and oxygen atoms in total. The predicted octanol–water partition coefficient (Wildman–Crippen LogP) is 1.65. The molecule has 0 N–H and O–H groups in total. The second-order valence-electron chi connectivity index (χ2n) is 4.42. The van der Waals surface area contributed by atoms with Gasteiger partial charge in [-0.25, -0.2) is 9.78 Å². The lowest BCUT2D eigenvalue weighted by Gasteiger charge is -2.26. The Balaban J connectivity index is 2.88. The highest BCUT2D eigenvalue weighted by Crippen LogP contribution is 2.15. The van der Waals surface area contributed by atoms with Crippen molar-refractivity contribution < 1.29 is 19.1 Å². The molecule has 0 saturated heterocycles. The summed E-state index contributed by atoms with van der Waals surface area (Å²) in [5.41, 5.74) is 0.386. The van der Waals surface area contributed by atoms with Gasteiger partial charge in [0.1, 0.15) is 12.4 Å². The molecule has 0 radical (unpaired) electrons. The minimum atomic E-state index is -0.407. The van der Waals surface area contributed by atoms with Crippen molar-refractivity contribution in [3.05, 3.63) is 23.9 Å². The molecule has 20 heavy (non-hydrogen) atoms. The van der Waals surface area contributed by atoms with E-state index >= 15 is 0 Å². The van der Waals surface area contributed by atoms with E-state index in [1.165, 1.54) is 13.3 Å². The fraction of sp³-hybridized carbons (Fsp3) is 0.500. The van der Waals surface area contributed by atoms with Crippen LogP contribution >= 0.6 is 0 Å². The van der Waals surface area contributed by atoms with E-state index in [1.807, 2.05) is 13.8 Å². The smallest absolute Gasteiger partial charge is 0.339 e. The van der Waals surface area contributed by atoms with Crippen LogP contribution in [0.2, 0.25) is 0 Å². The lowest BCUT2D eigenvalue weighted by atomic mass is 10.2. The van der Waals surface area contributed by atoms with Gasteiger partial charge in [-0.15, -0.1) is 0 Å². The maximum atomic E-state index is 11.5. The van der Waals surface area contributed by atoms with Crippen molar-refractivity contribution >= 4 is 17.8 Å². The zero-order valence-electron chi connectivity index (χ0n) is 12.3. The highest BCUT2D eigenvalue weighted by atomic mass is 16.5. The molecule has 0 amide bonds. The second-order valence-corrected chi connectivity index (χ2v) is 4.42. The number of ether oxygens (including phenoxy) is 2. The van der Waals surface area contributed by atoms with Gasteiger partial charge in [0.2, 0.25) is 0 Å². The number of hydrogen-bond donors (Lipinski definition) is 0. The number of anilines is 1. The third kappa shape index (κ3) is 4.22. The zero-order chi connectivity index (χ0) is 15.1. The van der Waals surface area contributed by atoms with Gasteiger partial charge in [0.05, 0.1) is 19.3 Å². The Hall–Kier alpha value is -2.11. The zero-order valence-corrected chi connectivity index (χ0v) is 12.3. The van der Waals surface area contributed by atoms with E-state index in [9.17, 15) is 9.59 Å². The summed E-state index contributed by atoms with van der Waals surface area (Å²) in [5, 5.41) is 0. The Labute approximate surface area is 118 Å². The largest absolute Gasteiger partial charge is 0.468 e. The Morgan fingerprint density at radius 3 is 2.50 bits per heavy atom. The van der Waals surface area contributed by atoms with Crippen LogP contribution in [0.3, 0.4) is 0 Å². The van der Waals surface area contributed by atoms with Crippen molar-refractivity contribution in [2.24, 2.45) is 0 Å². The average Bonchev–Trinajstić information content (AvgIpc) is 2.44. The third-order valence-electron chi connectivity index (χ3n) is 2.70. The molecule has 1 heterocycles. The first kappa shape index (κ1) is 15.9. The van der Waals surface area contributed by atoms with Crippen LogP contribution in [-0.2, 0) is 14.3 Å². The quantitative estimate of drug-likeness (QED) is 0.738. The fourth-order valence-electron chi connectivity index (χ4n) is 1.62. The second kappa shape index (κ2) is 7.47. The van der Waals surface area contributed by atoms with Crippen LogP contribution < -0.4 is 4.90 Å². The number of carbonyl (C=O) groups excluding carboxylic acids is 2. The number of esters is 2. The van der Waals surface area contributed by atoms with E-state index < -0.39 is 5.97 Å². The molecule has 0 unspecified atom stereocenters. The summed E-state index contributed by atoms with van der Waals surface area (Å²) < 4.78 is 9.55. The Bertz CT molecular complexity index is 457. The Morgan fingerprint density at radius 1 is 1.35 bits per heavy atom. The molecule has 0 spiro atoms. The Morgan fingerprint density at radius 2 is 2.05 bits per heavy atom. The van der Waals surface area contributed by atoms with Gasteiger partial charge >= 0.3 is 11.9 Å². The minimum Gasteiger partial charge on any atom is -0.468 e. The molecule has 110 valence electrons. The number of nitrogens with zero attached hydrogens (tertiary/aromatic N) is 2. The van der Waals surface area contributed by atoms with Gasteiger partial charge in [-0.3, -0.25) is 4.79 Å². The number of hydrogen-bond acceptors (Lipinski definition) is 6. The lowest BCUT2D eigenvalue weighted by molar-refractivity contribution is -0.139. The number of aromatic nitrogens is 1. The molecule has 1 rings (SSSR count). The Kier molecular flexibility index (Phi) is 5.96. The van der Waals surface area contributed by atoms with E-state index in [4.69, 9.17) is 4.74 Å². The molecule has 0 atom stereocenters. The lowest BCUT2D eigenvalue weighted by Crippen LogP contribution is -2.36. The molecular formula is C14H20N2O4. The number of methoxy groups -OCH3 is 1. The first-order valence-electron chi connectivity index (χ1n) is 6.46. The maximum absolute atomic E-state index is 11.5. The van der Waals surface area contributed by atoms with Crippen LogP contribution in [-0.4, -0.2) is 43.2 Å². The van der Waals surface area contributed by atoms with Crippen molar-refractivity contribution in [2.75, 3.05) is 25.2 Å². The summed E-state index contributed by atoms with van der Waals surface area (Å²) in [4.78, 5) is 28.9. The topological polar surface area (TPSA) is 68.7 Å².